The smallest absolute Gasteiger partial charge is 0.115 e. The van der Waals surface area contributed by atoms with Gasteiger partial charge in [0, 0.05) is 24.5 Å². The second kappa shape index (κ2) is 4.48. The lowest BCUT2D eigenvalue weighted by atomic mass is 9.55. The fourth-order valence-corrected chi connectivity index (χ4v) is 4.90. The molecule has 0 aromatic heterocycles. The average Bonchev–Trinajstić information content (AvgIpc) is 2.48. The topological polar surface area (TPSA) is 23.5 Å². The van der Waals surface area contributed by atoms with Gasteiger partial charge in [-0.25, -0.2) is 0 Å². The Bertz CT molecular complexity index is 620. The number of rotatable bonds is 2. The van der Waals surface area contributed by atoms with Crippen molar-refractivity contribution in [2.45, 2.75) is 31.2 Å². The van der Waals surface area contributed by atoms with Crippen molar-refractivity contribution >= 4 is 0 Å². The van der Waals surface area contributed by atoms with Crippen molar-refractivity contribution in [2.75, 3.05) is 13.1 Å². The Kier molecular flexibility index (Phi) is 2.80. The van der Waals surface area contributed by atoms with Crippen LogP contribution in [-0.4, -0.2) is 29.1 Å². The van der Waals surface area contributed by atoms with Crippen LogP contribution < -0.4 is 0 Å². The van der Waals surface area contributed by atoms with E-state index in [0.29, 0.717) is 23.6 Å². The zero-order valence-corrected chi connectivity index (χ0v) is 12.6. The van der Waals surface area contributed by atoms with Crippen molar-refractivity contribution in [1.29, 1.82) is 0 Å². The van der Waals surface area contributed by atoms with Crippen LogP contribution in [0.25, 0.3) is 0 Å². The number of hydrogen-bond donors (Lipinski definition) is 1. The van der Waals surface area contributed by atoms with Gasteiger partial charge in [-0.3, -0.25) is 4.90 Å². The minimum atomic E-state index is 0.0628. The highest BCUT2D eigenvalue weighted by Gasteiger charge is 2.50. The van der Waals surface area contributed by atoms with Crippen LogP contribution in [0.2, 0.25) is 0 Å². The van der Waals surface area contributed by atoms with Gasteiger partial charge in [-0.05, 0) is 47.9 Å². The van der Waals surface area contributed by atoms with Gasteiger partial charge in [0.2, 0.25) is 0 Å². The molecule has 4 rings (SSSR count). The van der Waals surface area contributed by atoms with Crippen molar-refractivity contribution in [3.05, 3.63) is 54.1 Å². The Labute approximate surface area is 126 Å². The maximum absolute atomic E-state index is 9.91. The van der Waals surface area contributed by atoms with E-state index in [9.17, 15) is 5.11 Å². The van der Waals surface area contributed by atoms with Gasteiger partial charge in [0.15, 0.2) is 0 Å². The molecule has 2 nitrogen and oxygen atoms in total. The molecule has 0 amide bonds. The van der Waals surface area contributed by atoms with Gasteiger partial charge in [-0.2, -0.15) is 0 Å². The Morgan fingerprint density at radius 1 is 1.48 bits per heavy atom. The molecule has 1 saturated heterocycles. The molecule has 21 heavy (non-hydrogen) atoms. The molecule has 4 atom stereocenters. The number of phenolic OH excluding ortho intramolecular Hbond substituents is 1. The molecule has 2 bridgehead atoms. The van der Waals surface area contributed by atoms with Gasteiger partial charge >= 0.3 is 0 Å². The summed E-state index contributed by atoms with van der Waals surface area (Å²) in [7, 11) is 0. The quantitative estimate of drug-likeness (QED) is 0.841. The van der Waals surface area contributed by atoms with Gasteiger partial charge in [0.05, 0.1) is 0 Å². The van der Waals surface area contributed by atoms with E-state index in [1.165, 1.54) is 17.5 Å². The average molecular weight is 281 g/mol. The van der Waals surface area contributed by atoms with Crippen LogP contribution in [0.4, 0.5) is 0 Å². The van der Waals surface area contributed by atoms with Gasteiger partial charge in [0.1, 0.15) is 5.75 Å². The number of hydrogen-bond acceptors (Lipinski definition) is 2. The van der Waals surface area contributed by atoms with E-state index in [1.54, 1.807) is 0 Å². The summed E-state index contributed by atoms with van der Waals surface area (Å²) in [6.07, 6.45) is 9.24. The molecule has 1 fully saturated rings. The summed E-state index contributed by atoms with van der Waals surface area (Å²) in [6, 6.07) is 6.54. The number of fused-ring (bicyclic) bond motifs is 3. The molecule has 1 aliphatic heterocycles. The molecule has 3 unspecified atom stereocenters. The molecule has 1 aromatic carbocycles. The lowest BCUT2D eigenvalue weighted by Crippen LogP contribution is -2.59. The van der Waals surface area contributed by atoms with E-state index in [2.05, 4.69) is 36.6 Å². The zero-order valence-electron chi connectivity index (χ0n) is 12.6. The number of aromatic hydroxyl groups is 1. The molecular formula is C19H23NO. The van der Waals surface area contributed by atoms with Crippen LogP contribution in [0.1, 0.15) is 24.5 Å². The number of nitrogens with zero attached hydrogens (tertiary/aromatic N) is 1. The van der Waals surface area contributed by atoms with E-state index in [0.717, 1.165) is 19.5 Å². The minimum absolute atomic E-state index is 0.0628. The molecule has 110 valence electrons. The SMILES string of the molecule is C=CCN1CC2C=C[C@]3(C)c4cc(O)ccc4CC1C3C2. The summed E-state index contributed by atoms with van der Waals surface area (Å²) >= 11 is 0. The standard InChI is InChI=1S/C19H23NO/c1-3-8-20-12-13-6-7-19(2)16-11-15(21)5-4-14(16)10-18(20)17(19)9-13/h3-7,11,13,17-18,21H,1,8-10,12H2,2H3/t13?,17?,18?,19-/m1/s1. The fraction of sp³-hybridized carbons (Fsp3) is 0.474. The molecular weight excluding hydrogens is 258 g/mol. The molecule has 0 radical (unpaired) electrons. The second-order valence-corrected chi connectivity index (χ2v) is 7.10. The van der Waals surface area contributed by atoms with Gasteiger partial charge < -0.3 is 5.11 Å². The van der Waals surface area contributed by atoms with Crippen LogP contribution >= 0.6 is 0 Å². The second-order valence-electron chi connectivity index (χ2n) is 7.10. The Balaban J connectivity index is 1.87. The monoisotopic (exact) mass is 281 g/mol. The highest BCUT2D eigenvalue weighted by Crippen LogP contribution is 2.52. The minimum Gasteiger partial charge on any atom is -0.508 e. The number of phenols is 1. The van der Waals surface area contributed by atoms with Crippen LogP contribution in [0.3, 0.4) is 0 Å². The molecule has 0 spiro atoms. The van der Waals surface area contributed by atoms with Crippen molar-refractivity contribution in [3.63, 3.8) is 0 Å². The molecule has 1 aromatic rings. The summed E-state index contributed by atoms with van der Waals surface area (Å²) in [5.74, 6) is 1.72. The Hall–Kier alpha value is -1.54. The Morgan fingerprint density at radius 3 is 3.14 bits per heavy atom. The normalized spacial score (nSPS) is 37.1. The number of piperidine rings is 1. The summed E-state index contributed by atoms with van der Waals surface area (Å²) in [5, 5.41) is 9.91. The first-order valence-electron chi connectivity index (χ1n) is 7.98. The zero-order chi connectivity index (χ0) is 14.6. The summed E-state index contributed by atoms with van der Waals surface area (Å²) in [6.45, 7) is 8.43. The third-order valence-corrected chi connectivity index (χ3v) is 5.91. The molecule has 1 heterocycles. The highest BCUT2D eigenvalue weighted by molar-refractivity contribution is 5.47. The third kappa shape index (κ3) is 1.82. The number of benzene rings is 1. The van der Waals surface area contributed by atoms with E-state index >= 15 is 0 Å². The molecule has 2 aliphatic carbocycles. The number of allylic oxidation sites excluding steroid dienone is 1. The van der Waals surface area contributed by atoms with E-state index in [-0.39, 0.29) is 5.41 Å². The molecule has 0 saturated carbocycles. The van der Waals surface area contributed by atoms with E-state index < -0.39 is 0 Å². The predicted octanol–water partition coefficient (Wildman–Crippen LogP) is 3.27. The number of likely N-dealkylation sites (tertiary alicyclic amines) is 1. The van der Waals surface area contributed by atoms with Crippen molar-refractivity contribution in [2.24, 2.45) is 11.8 Å². The molecule has 2 heteroatoms. The van der Waals surface area contributed by atoms with Crippen LogP contribution in [0.15, 0.2) is 43.0 Å². The Morgan fingerprint density at radius 2 is 2.33 bits per heavy atom. The van der Waals surface area contributed by atoms with Crippen LogP contribution in [0.5, 0.6) is 5.75 Å². The molecule has 1 N–H and O–H groups in total. The summed E-state index contributed by atoms with van der Waals surface area (Å²) < 4.78 is 0. The van der Waals surface area contributed by atoms with Crippen molar-refractivity contribution in [3.8, 4) is 5.75 Å². The van der Waals surface area contributed by atoms with Crippen LogP contribution in [0, 0.1) is 11.8 Å². The van der Waals surface area contributed by atoms with Crippen LogP contribution in [-0.2, 0) is 11.8 Å². The highest BCUT2D eigenvalue weighted by atomic mass is 16.3. The van der Waals surface area contributed by atoms with Crippen molar-refractivity contribution < 1.29 is 5.11 Å². The van der Waals surface area contributed by atoms with E-state index in [1.807, 2.05) is 18.2 Å². The third-order valence-electron chi connectivity index (χ3n) is 5.91. The maximum Gasteiger partial charge on any atom is 0.115 e. The lowest BCUT2D eigenvalue weighted by molar-refractivity contribution is 0.0325. The lowest BCUT2D eigenvalue weighted by Gasteiger charge is -2.56. The van der Waals surface area contributed by atoms with Gasteiger partial charge in [0.25, 0.3) is 0 Å². The first kappa shape index (κ1) is 13.1. The first-order valence-corrected chi connectivity index (χ1v) is 7.98. The van der Waals surface area contributed by atoms with Gasteiger partial charge in [-0.1, -0.05) is 31.2 Å². The maximum atomic E-state index is 9.91. The fourth-order valence-electron chi connectivity index (χ4n) is 4.90. The van der Waals surface area contributed by atoms with Gasteiger partial charge in [-0.15, -0.1) is 6.58 Å². The molecule has 3 aliphatic rings. The predicted molar refractivity (Wildman–Crippen MR) is 85.5 cm³/mol. The summed E-state index contributed by atoms with van der Waals surface area (Å²) in [4.78, 5) is 2.61. The van der Waals surface area contributed by atoms with E-state index in [4.69, 9.17) is 0 Å². The summed E-state index contributed by atoms with van der Waals surface area (Å²) in [5.41, 5.74) is 2.79. The van der Waals surface area contributed by atoms with Crippen molar-refractivity contribution in [1.82, 2.24) is 4.90 Å². The first-order chi connectivity index (χ1) is 10.1. The largest absolute Gasteiger partial charge is 0.508 e.